The number of amides is 1. The Morgan fingerprint density at radius 3 is 2.54 bits per heavy atom. The predicted molar refractivity (Wildman–Crippen MR) is 105 cm³/mol. The van der Waals surface area contributed by atoms with Crippen LogP contribution in [0.25, 0.3) is 0 Å². The number of piperidine rings is 1. The fourth-order valence-electron chi connectivity index (χ4n) is 4.11. The molecule has 7 heteroatoms. The van der Waals surface area contributed by atoms with Gasteiger partial charge in [-0.1, -0.05) is 30.3 Å². The standard InChI is InChI=1S/C21H24N6O/c22-15-18-20(24-9-8-23-18)26-13-11-25(12-14-26)19-7-4-10-27(21(19)28)16-17-5-2-1-3-6-17/h1-3,5-6,8-9,19H,4,7,10-14,16H2/t19-/m1/s1. The molecule has 144 valence electrons. The molecule has 0 saturated carbocycles. The molecule has 2 saturated heterocycles. The maximum absolute atomic E-state index is 13.1. The third-order valence-electron chi connectivity index (χ3n) is 5.56. The van der Waals surface area contributed by atoms with Gasteiger partial charge in [-0.25, -0.2) is 9.97 Å². The zero-order valence-corrected chi connectivity index (χ0v) is 15.9. The van der Waals surface area contributed by atoms with E-state index in [1.54, 1.807) is 12.4 Å². The van der Waals surface area contributed by atoms with Crippen LogP contribution in [0, 0.1) is 11.3 Å². The van der Waals surface area contributed by atoms with E-state index < -0.39 is 0 Å². The molecule has 1 atom stereocenters. The summed E-state index contributed by atoms with van der Waals surface area (Å²) < 4.78 is 0. The maximum atomic E-state index is 13.1. The van der Waals surface area contributed by atoms with E-state index in [9.17, 15) is 10.1 Å². The number of rotatable bonds is 4. The van der Waals surface area contributed by atoms with Crippen molar-refractivity contribution in [2.75, 3.05) is 37.6 Å². The number of hydrogen-bond acceptors (Lipinski definition) is 6. The number of benzene rings is 1. The number of anilines is 1. The number of nitriles is 1. The number of nitrogens with zero attached hydrogens (tertiary/aromatic N) is 6. The first-order valence-corrected chi connectivity index (χ1v) is 9.79. The number of carbonyl (C=O) groups excluding carboxylic acids is 1. The molecule has 2 fully saturated rings. The minimum Gasteiger partial charge on any atom is -0.352 e. The van der Waals surface area contributed by atoms with Gasteiger partial charge in [0, 0.05) is 51.7 Å². The molecule has 0 N–H and O–H groups in total. The van der Waals surface area contributed by atoms with Crippen LogP contribution >= 0.6 is 0 Å². The third-order valence-corrected chi connectivity index (χ3v) is 5.56. The van der Waals surface area contributed by atoms with Gasteiger partial charge in [-0.2, -0.15) is 5.26 Å². The number of likely N-dealkylation sites (tertiary alicyclic amines) is 1. The lowest BCUT2D eigenvalue weighted by molar-refractivity contribution is -0.141. The highest BCUT2D eigenvalue weighted by Gasteiger charge is 2.35. The molecule has 0 aliphatic carbocycles. The molecular weight excluding hydrogens is 352 g/mol. The average Bonchev–Trinajstić information content (AvgIpc) is 2.76. The number of carbonyl (C=O) groups is 1. The smallest absolute Gasteiger partial charge is 0.240 e. The van der Waals surface area contributed by atoms with Crippen LogP contribution in [-0.4, -0.2) is 64.4 Å². The predicted octanol–water partition coefficient (Wildman–Crippen LogP) is 1.66. The van der Waals surface area contributed by atoms with Crippen LogP contribution in [-0.2, 0) is 11.3 Å². The summed E-state index contributed by atoms with van der Waals surface area (Å²) in [5.41, 5.74) is 1.53. The second-order valence-corrected chi connectivity index (χ2v) is 7.27. The molecule has 7 nitrogen and oxygen atoms in total. The van der Waals surface area contributed by atoms with Crippen LogP contribution in [0.4, 0.5) is 5.82 Å². The summed E-state index contributed by atoms with van der Waals surface area (Å²) in [6.07, 6.45) is 5.11. The first-order valence-electron chi connectivity index (χ1n) is 9.79. The Balaban J connectivity index is 1.39. The Kier molecular flexibility index (Phi) is 5.49. The van der Waals surface area contributed by atoms with Crippen molar-refractivity contribution in [3.05, 3.63) is 54.0 Å². The summed E-state index contributed by atoms with van der Waals surface area (Å²) in [6, 6.07) is 12.2. The second-order valence-electron chi connectivity index (χ2n) is 7.27. The Morgan fingerprint density at radius 2 is 1.79 bits per heavy atom. The van der Waals surface area contributed by atoms with Gasteiger partial charge >= 0.3 is 0 Å². The first kappa shape index (κ1) is 18.4. The van der Waals surface area contributed by atoms with Crippen molar-refractivity contribution in [3.8, 4) is 6.07 Å². The highest BCUT2D eigenvalue weighted by atomic mass is 16.2. The summed E-state index contributed by atoms with van der Waals surface area (Å²) in [5.74, 6) is 0.881. The van der Waals surface area contributed by atoms with Crippen molar-refractivity contribution >= 4 is 11.7 Å². The van der Waals surface area contributed by atoms with E-state index in [1.807, 2.05) is 23.1 Å². The summed E-state index contributed by atoms with van der Waals surface area (Å²) in [5, 5.41) is 9.25. The zero-order valence-electron chi connectivity index (χ0n) is 15.9. The van der Waals surface area contributed by atoms with E-state index in [-0.39, 0.29) is 11.9 Å². The number of piperazine rings is 1. The lowest BCUT2D eigenvalue weighted by atomic mass is 10.0. The van der Waals surface area contributed by atoms with Crippen molar-refractivity contribution in [2.45, 2.75) is 25.4 Å². The van der Waals surface area contributed by atoms with Crippen molar-refractivity contribution in [1.82, 2.24) is 19.8 Å². The van der Waals surface area contributed by atoms with E-state index in [0.717, 1.165) is 45.6 Å². The molecular formula is C21H24N6O. The SMILES string of the molecule is N#Cc1nccnc1N1CCN([C@@H]2CCCN(Cc3ccccc3)C2=O)CC1. The number of hydrogen-bond donors (Lipinski definition) is 0. The fraction of sp³-hybridized carbons (Fsp3) is 0.429. The van der Waals surface area contributed by atoms with Gasteiger partial charge in [-0.05, 0) is 18.4 Å². The summed E-state index contributed by atoms with van der Waals surface area (Å²) >= 11 is 0. The molecule has 4 rings (SSSR count). The van der Waals surface area contributed by atoms with Gasteiger partial charge in [0.2, 0.25) is 5.91 Å². The van der Waals surface area contributed by atoms with E-state index in [1.165, 1.54) is 5.56 Å². The minimum absolute atomic E-state index is 0.0445. The summed E-state index contributed by atoms with van der Waals surface area (Å²) in [4.78, 5) is 27.9. The molecule has 2 aromatic rings. The largest absolute Gasteiger partial charge is 0.352 e. The summed E-state index contributed by atoms with van der Waals surface area (Å²) in [7, 11) is 0. The Bertz CT molecular complexity index is 857. The molecule has 0 bridgehead atoms. The van der Waals surface area contributed by atoms with E-state index in [0.29, 0.717) is 18.1 Å². The first-order chi connectivity index (χ1) is 13.8. The van der Waals surface area contributed by atoms with Gasteiger partial charge in [0.15, 0.2) is 11.5 Å². The molecule has 1 aromatic carbocycles. The molecule has 0 radical (unpaired) electrons. The minimum atomic E-state index is -0.0445. The van der Waals surface area contributed by atoms with Crippen LogP contribution in [0.5, 0.6) is 0 Å². The van der Waals surface area contributed by atoms with E-state index in [4.69, 9.17) is 0 Å². The maximum Gasteiger partial charge on any atom is 0.240 e. The van der Waals surface area contributed by atoms with Gasteiger partial charge < -0.3 is 9.80 Å². The van der Waals surface area contributed by atoms with Gasteiger partial charge in [0.25, 0.3) is 0 Å². The zero-order chi connectivity index (χ0) is 19.3. The normalized spacial score (nSPS) is 20.8. The molecule has 2 aliphatic heterocycles. The monoisotopic (exact) mass is 376 g/mol. The molecule has 28 heavy (non-hydrogen) atoms. The molecule has 3 heterocycles. The fourth-order valence-corrected chi connectivity index (χ4v) is 4.11. The Morgan fingerprint density at radius 1 is 1.04 bits per heavy atom. The Hall–Kier alpha value is -2.98. The third kappa shape index (κ3) is 3.82. The number of aromatic nitrogens is 2. The Labute approximate surface area is 165 Å². The van der Waals surface area contributed by atoms with Crippen LogP contribution in [0.2, 0.25) is 0 Å². The van der Waals surface area contributed by atoms with Crippen molar-refractivity contribution in [2.24, 2.45) is 0 Å². The topological polar surface area (TPSA) is 76.4 Å². The van der Waals surface area contributed by atoms with Gasteiger partial charge in [0.1, 0.15) is 6.07 Å². The van der Waals surface area contributed by atoms with E-state index >= 15 is 0 Å². The van der Waals surface area contributed by atoms with Crippen molar-refractivity contribution in [1.29, 1.82) is 5.26 Å². The molecule has 1 aromatic heterocycles. The highest BCUT2D eigenvalue weighted by molar-refractivity contribution is 5.82. The van der Waals surface area contributed by atoms with Crippen LogP contribution in [0.3, 0.4) is 0 Å². The molecule has 0 unspecified atom stereocenters. The van der Waals surface area contributed by atoms with Crippen LogP contribution in [0.15, 0.2) is 42.7 Å². The van der Waals surface area contributed by atoms with Crippen LogP contribution < -0.4 is 4.90 Å². The molecule has 2 aliphatic rings. The molecule has 1 amide bonds. The van der Waals surface area contributed by atoms with Crippen molar-refractivity contribution in [3.63, 3.8) is 0 Å². The highest BCUT2D eigenvalue weighted by Crippen LogP contribution is 2.23. The van der Waals surface area contributed by atoms with Crippen molar-refractivity contribution < 1.29 is 4.79 Å². The van der Waals surface area contributed by atoms with Gasteiger partial charge in [-0.15, -0.1) is 0 Å². The lowest BCUT2D eigenvalue weighted by Crippen LogP contribution is -2.57. The molecule has 0 spiro atoms. The second kappa shape index (κ2) is 8.36. The quantitative estimate of drug-likeness (QED) is 0.808. The van der Waals surface area contributed by atoms with Gasteiger partial charge in [0.05, 0.1) is 6.04 Å². The summed E-state index contributed by atoms with van der Waals surface area (Å²) in [6.45, 7) is 4.58. The average molecular weight is 376 g/mol. The lowest BCUT2D eigenvalue weighted by Gasteiger charge is -2.42. The van der Waals surface area contributed by atoms with Crippen LogP contribution in [0.1, 0.15) is 24.1 Å². The van der Waals surface area contributed by atoms with E-state index in [2.05, 4.69) is 38.0 Å². The van der Waals surface area contributed by atoms with Gasteiger partial charge in [-0.3, -0.25) is 9.69 Å².